The maximum Gasteiger partial charge on any atom is 0.296 e. The molecule has 118 valence electrons. The van der Waals surface area contributed by atoms with Crippen molar-refractivity contribution in [2.24, 2.45) is 5.92 Å². The van der Waals surface area contributed by atoms with Gasteiger partial charge < -0.3 is 0 Å². The quantitative estimate of drug-likeness (QED) is 0.726. The molecule has 0 N–H and O–H groups in total. The topological polar surface area (TPSA) is 43.4 Å². The molecule has 0 fully saturated rings. The van der Waals surface area contributed by atoms with Gasteiger partial charge in [0.2, 0.25) is 0 Å². The van der Waals surface area contributed by atoms with Gasteiger partial charge in [0.1, 0.15) is 0 Å². The summed E-state index contributed by atoms with van der Waals surface area (Å²) in [6, 6.07) is 16.9. The van der Waals surface area contributed by atoms with E-state index in [-0.39, 0.29) is 11.5 Å². The molecule has 0 spiro atoms. The monoisotopic (exact) mass is 318 g/mol. The fraction of sp³-hybridized carbons (Fsp3) is 0.333. The molecule has 0 aromatic heterocycles. The Kier molecular flexibility index (Phi) is 5.75. The highest BCUT2D eigenvalue weighted by atomic mass is 32.2. The fourth-order valence-corrected chi connectivity index (χ4v) is 3.17. The molecule has 22 heavy (non-hydrogen) atoms. The molecule has 0 aliphatic carbocycles. The van der Waals surface area contributed by atoms with Crippen molar-refractivity contribution in [2.75, 3.05) is 6.61 Å². The maximum absolute atomic E-state index is 12.1. The van der Waals surface area contributed by atoms with Gasteiger partial charge in [-0.1, -0.05) is 55.0 Å². The Labute approximate surface area is 133 Å². The van der Waals surface area contributed by atoms with Crippen molar-refractivity contribution in [3.63, 3.8) is 0 Å². The molecule has 0 aliphatic rings. The summed E-state index contributed by atoms with van der Waals surface area (Å²) in [6.45, 7) is 4.24. The van der Waals surface area contributed by atoms with Crippen molar-refractivity contribution < 1.29 is 12.6 Å². The molecular formula is C18H22O3S. The van der Waals surface area contributed by atoms with Crippen LogP contribution in [-0.2, 0) is 20.7 Å². The second kappa shape index (κ2) is 7.56. The summed E-state index contributed by atoms with van der Waals surface area (Å²) in [4.78, 5) is 0.216. The third kappa shape index (κ3) is 4.97. The van der Waals surface area contributed by atoms with E-state index in [1.165, 1.54) is 5.56 Å². The third-order valence-electron chi connectivity index (χ3n) is 3.59. The lowest BCUT2D eigenvalue weighted by molar-refractivity contribution is 0.287. The van der Waals surface area contributed by atoms with Gasteiger partial charge in [0.05, 0.1) is 11.5 Å². The molecule has 4 heteroatoms. The van der Waals surface area contributed by atoms with Gasteiger partial charge in [0, 0.05) is 0 Å². The van der Waals surface area contributed by atoms with Crippen LogP contribution in [0.1, 0.15) is 24.5 Å². The van der Waals surface area contributed by atoms with Crippen molar-refractivity contribution in [1.82, 2.24) is 0 Å². The van der Waals surface area contributed by atoms with Gasteiger partial charge in [-0.15, -0.1) is 0 Å². The summed E-state index contributed by atoms with van der Waals surface area (Å²) in [5, 5.41) is 0. The number of hydrogen-bond acceptors (Lipinski definition) is 3. The minimum absolute atomic E-state index is 0.213. The van der Waals surface area contributed by atoms with Crippen LogP contribution in [0.15, 0.2) is 59.5 Å². The van der Waals surface area contributed by atoms with E-state index in [0.717, 1.165) is 12.0 Å². The molecule has 0 heterocycles. The Bertz CT molecular complexity index is 676. The predicted octanol–water partition coefficient (Wildman–Crippen LogP) is 3.97. The zero-order chi connectivity index (χ0) is 16.0. The predicted molar refractivity (Wildman–Crippen MR) is 88.2 cm³/mol. The standard InChI is InChI=1S/C18H22O3S/c1-15-8-10-18(11-9-15)22(19,20)21-13-12-16(2)14-17-6-4-3-5-7-17/h3-11,16H,12-14H2,1-2H3/t16-/m1/s1. The highest BCUT2D eigenvalue weighted by Gasteiger charge is 2.15. The third-order valence-corrected chi connectivity index (χ3v) is 4.91. The normalized spacial score (nSPS) is 13.0. The van der Waals surface area contributed by atoms with Crippen molar-refractivity contribution in [3.05, 3.63) is 65.7 Å². The van der Waals surface area contributed by atoms with E-state index in [2.05, 4.69) is 19.1 Å². The van der Waals surface area contributed by atoms with Gasteiger partial charge in [-0.2, -0.15) is 8.42 Å². The van der Waals surface area contributed by atoms with E-state index in [4.69, 9.17) is 4.18 Å². The first-order valence-corrected chi connectivity index (χ1v) is 8.88. The molecule has 0 amide bonds. The molecule has 1 atom stereocenters. The average Bonchev–Trinajstić information content (AvgIpc) is 2.48. The molecule has 0 radical (unpaired) electrons. The van der Waals surface area contributed by atoms with Gasteiger partial charge in [-0.25, -0.2) is 0 Å². The van der Waals surface area contributed by atoms with Crippen molar-refractivity contribution >= 4 is 10.1 Å². The maximum atomic E-state index is 12.1. The SMILES string of the molecule is Cc1ccc(S(=O)(=O)OCC[C@@H](C)Cc2ccccc2)cc1. The van der Waals surface area contributed by atoms with E-state index in [1.54, 1.807) is 24.3 Å². The lowest BCUT2D eigenvalue weighted by atomic mass is 9.99. The lowest BCUT2D eigenvalue weighted by Crippen LogP contribution is -2.11. The van der Waals surface area contributed by atoms with Crippen LogP contribution in [0.25, 0.3) is 0 Å². The largest absolute Gasteiger partial charge is 0.296 e. The molecule has 3 nitrogen and oxygen atoms in total. The number of rotatable bonds is 7. The van der Waals surface area contributed by atoms with Crippen LogP contribution in [0.3, 0.4) is 0 Å². The van der Waals surface area contributed by atoms with Gasteiger partial charge in [-0.05, 0) is 43.4 Å². The number of benzene rings is 2. The first-order chi connectivity index (χ1) is 10.5. The molecule has 2 aromatic rings. The van der Waals surface area contributed by atoms with E-state index in [0.29, 0.717) is 12.3 Å². The molecule has 2 aromatic carbocycles. The van der Waals surface area contributed by atoms with Crippen LogP contribution < -0.4 is 0 Å². The van der Waals surface area contributed by atoms with Crippen LogP contribution in [0.4, 0.5) is 0 Å². The van der Waals surface area contributed by atoms with Crippen LogP contribution >= 0.6 is 0 Å². The summed E-state index contributed by atoms with van der Waals surface area (Å²) >= 11 is 0. The molecule has 0 saturated carbocycles. The number of aryl methyl sites for hydroxylation is 1. The summed E-state index contributed by atoms with van der Waals surface area (Å²) in [5.41, 5.74) is 2.28. The van der Waals surface area contributed by atoms with Crippen LogP contribution in [-0.4, -0.2) is 15.0 Å². The smallest absolute Gasteiger partial charge is 0.266 e. The first-order valence-electron chi connectivity index (χ1n) is 7.47. The van der Waals surface area contributed by atoms with Gasteiger partial charge in [-0.3, -0.25) is 4.18 Å². The lowest BCUT2D eigenvalue weighted by Gasteiger charge is -2.12. The molecule has 0 aliphatic heterocycles. The summed E-state index contributed by atoms with van der Waals surface area (Å²) in [7, 11) is -3.65. The summed E-state index contributed by atoms with van der Waals surface area (Å²) in [5.74, 6) is 0.371. The minimum atomic E-state index is -3.65. The van der Waals surface area contributed by atoms with Gasteiger partial charge in [0.25, 0.3) is 10.1 Å². The van der Waals surface area contributed by atoms with Crippen LogP contribution in [0.5, 0.6) is 0 Å². The van der Waals surface area contributed by atoms with E-state index >= 15 is 0 Å². The van der Waals surface area contributed by atoms with E-state index < -0.39 is 10.1 Å². The average molecular weight is 318 g/mol. The Hall–Kier alpha value is -1.65. The Balaban J connectivity index is 1.83. The van der Waals surface area contributed by atoms with Crippen LogP contribution in [0.2, 0.25) is 0 Å². The van der Waals surface area contributed by atoms with Crippen molar-refractivity contribution in [2.45, 2.75) is 31.6 Å². The van der Waals surface area contributed by atoms with Gasteiger partial charge in [0.15, 0.2) is 0 Å². The first kappa shape index (κ1) is 16.7. The second-order valence-corrected chi connectivity index (χ2v) is 7.29. The number of hydrogen-bond donors (Lipinski definition) is 0. The summed E-state index contributed by atoms with van der Waals surface area (Å²) in [6.07, 6.45) is 1.63. The molecule has 2 rings (SSSR count). The Morgan fingerprint density at radius 2 is 1.64 bits per heavy atom. The zero-order valence-corrected chi connectivity index (χ0v) is 13.8. The zero-order valence-electron chi connectivity index (χ0n) is 13.0. The fourth-order valence-electron chi connectivity index (χ4n) is 2.25. The van der Waals surface area contributed by atoms with Crippen molar-refractivity contribution in [1.29, 1.82) is 0 Å². The molecule has 0 unspecified atom stereocenters. The van der Waals surface area contributed by atoms with Gasteiger partial charge >= 0.3 is 0 Å². The van der Waals surface area contributed by atoms with E-state index in [9.17, 15) is 8.42 Å². The highest BCUT2D eigenvalue weighted by Crippen LogP contribution is 2.16. The highest BCUT2D eigenvalue weighted by molar-refractivity contribution is 7.86. The Morgan fingerprint density at radius 3 is 2.27 bits per heavy atom. The summed E-state index contributed by atoms with van der Waals surface area (Å²) < 4.78 is 29.3. The molecule has 0 saturated heterocycles. The van der Waals surface area contributed by atoms with Crippen molar-refractivity contribution in [3.8, 4) is 0 Å². The van der Waals surface area contributed by atoms with E-state index in [1.807, 2.05) is 25.1 Å². The van der Waals surface area contributed by atoms with Crippen LogP contribution in [0, 0.1) is 12.8 Å². The molecular weight excluding hydrogens is 296 g/mol. The second-order valence-electron chi connectivity index (χ2n) is 5.67. The molecule has 0 bridgehead atoms. The minimum Gasteiger partial charge on any atom is -0.266 e. The Morgan fingerprint density at radius 1 is 1.00 bits per heavy atom.